The Balaban J connectivity index is 1.83. The molecule has 3 aromatic rings. The van der Waals surface area contributed by atoms with Crippen LogP contribution in [0.1, 0.15) is 11.1 Å². The number of ether oxygens (including phenoxy) is 1. The summed E-state index contributed by atoms with van der Waals surface area (Å²) in [5.74, 6) is -1.05. The van der Waals surface area contributed by atoms with Crippen molar-refractivity contribution in [1.82, 2.24) is 0 Å². The van der Waals surface area contributed by atoms with Crippen LogP contribution in [0, 0.1) is 12.7 Å². The third kappa shape index (κ3) is 3.90. The molecule has 0 spiro atoms. The monoisotopic (exact) mass is 436 g/mol. The molecule has 7 heteroatoms. The average molecular weight is 437 g/mol. The van der Waals surface area contributed by atoms with Crippen LogP contribution in [0.2, 0.25) is 5.02 Å². The van der Waals surface area contributed by atoms with Crippen molar-refractivity contribution in [2.75, 3.05) is 17.3 Å². The van der Waals surface area contributed by atoms with Crippen LogP contribution in [0.4, 0.5) is 15.8 Å². The molecule has 4 rings (SSSR count). The largest absolute Gasteiger partial charge is 0.497 e. The van der Waals surface area contributed by atoms with E-state index in [9.17, 15) is 14.0 Å². The molecule has 0 fully saturated rings. The highest BCUT2D eigenvalue weighted by molar-refractivity contribution is 6.46. The van der Waals surface area contributed by atoms with E-state index in [2.05, 4.69) is 5.32 Å². The molecule has 0 saturated heterocycles. The molecule has 1 N–H and O–H groups in total. The highest BCUT2D eigenvalue weighted by atomic mass is 35.5. The number of imide groups is 1. The number of hydrogen-bond donors (Lipinski definition) is 1. The second-order valence-electron chi connectivity index (χ2n) is 6.99. The van der Waals surface area contributed by atoms with Crippen molar-refractivity contribution in [3.05, 3.63) is 94.4 Å². The van der Waals surface area contributed by atoms with Crippen LogP contribution < -0.4 is 15.0 Å². The Labute approximate surface area is 183 Å². The number of nitrogens with zero attached hydrogens (tertiary/aromatic N) is 1. The number of nitrogens with one attached hydrogen (secondary N) is 1. The van der Waals surface area contributed by atoms with E-state index >= 15 is 0 Å². The molecule has 2 amide bonds. The zero-order valence-corrected chi connectivity index (χ0v) is 17.5. The second kappa shape index (κ2) is 8.24. The first-order valence-electron chi connectivity index (χ1n) is 9.45. The van der Waals surface area contributed by atoms with Crippen molar-refractivity contribution < 1.29 is 18.7 Å². The summed E-state index contributed by atoms with van der Waals surface area (Å²) in [6, 6.07) is 17.4. The number of amides is 2. The number of aryl methyl sites for hydroxylation is 1. The Morgan fingerprint density at radius 1 is 0.968 bits per heavy atom. The van der Waals surface area contributed by atoms with Gasteiger partial charge < -0.3 is 10.1 Å². The lowest BCUT2D eigenvalue weighted by molar-refractivity contribution is -0.120. The minimum absolute atomic E-state index is 0.102. The number of benzene rings is 3. The molecule has 0 saturated carbocycles. The number of halogens is 2. The summed E-state index contributed by atoms with van der Waals surface area (Å²) in [5.41, 5.74) is 2.42. The maximum atomic E-state index is 13.8. The standard InChI is InChI=1S/C24H18ClFN2O3/c1-14-12-16(25)8-11-20(14)27-22-21(15-6-9-19(31-2)10-7-15)23(29)28(24(22)30)18-5-3-4-17(26)13-18/h3-13,27H,1-2H3. The molecule has 5 nitrogen and oxygen atoms in total. The van der Waals surface area contributed by atoms with Gasteiger partial charge in [0.15, 0.2) is 0 Å². The van der Waals surface area contributed by atoms with E-state index in [1.807, 2.05) is 6.92 Å². The Hall–Kier alpha value is -3.64. The molecule has 156 valence electrons. The summed E-state index contributed by atoms with van der Waals surface area (Å²) in [4.78, 5) is 27.7. The molecular formula is C24H18ClFN2O3. The van der Waals surface area contributed by atoms with E-state index in [0.717, 1.165) is 16.5 Å². The summed E-state index contributed by atoms with van der Waals surface area (Å²) in [7, 11) is 1.54. The van der Waals surface area contributed by atoms with Gasteiger partial charge in [0.05, 0.1) is 18.4 Å². The summed E-state index contributed by atoms with van der Waals surface area (Å²) in [6.07, 6.45) is 0. The fourth-order valence-electron chi connectivity index (χ4n) is 3.42. The number of anilines is 2. The Morgan fingerprint density at radius 3 is 2.35 bits per heavy atom. The van der Waals surface area contributed by atoms with Crippen LogP contribution in [0.5, 0.6) is 5.75 Å². The van der Waals surface area contributed by atoms with Gasteiger partial charge in [-0.1, -0.05) is 29.8 Å². The van der Waals surface area contributed by atoms with E-state index in [1.165, 1.54) is 18.2 Å². The van der Waals surface area contributed by atoms with E-state index in [0.29, 0.717) is 22.0 Å². The first-order chi connectivity index (χ1) is 14.9. The smallest absolute Gasteiger partial charge is 0.282 e. The quantitative estimate of drug-likeness (QED) is 0.559. The maximum Gasteiger partial charge on any atom is 0.282 e. The van der Waals surface area contributed by atoms with Crippen molar-refractivity contribution in [3.8, 4) is 5.75 Å². The van der Waals surface area contributed by atoms with Crippen LogP contribution >= 0.6 is 11.6 Å². The van der Waals surface area contributed by atoms with Gasteiger partial charge in [-0.15, -0.1) is 0 Å². The first kappa shape index (κ1) is 20.6. The summed E-state index contributed by atoms with van der Waals surface area (Å²) in [6.45, 7) is 1.84. The Bertz CT molecular complexity index is 1220. The van der Waals surface area contributed by atoms with Crippen molar-refractivity contribution in [1.29, 1.82) is 0 Å². The summed E-state index contributed by atoms with van der Waals surface area (Å²) < 4.78 is 19.0. The van der Waals surface area contributed by atoms with Crippen LogP contribution in [-0.4, -0.2) is 18.9 Å². The number of carbonyl (C=O) groups is 2. The van der Waals surface area contributed by atoms with Gasteiger partial charge in [-0.05, 0) is 66.6 Å². The third-order valence-corrected chi connectivity index (χ3v) is 5.21. The molecule has 0 aliphatic carbocycles. The molecule has 0 atom stereocenters. The van der Waals surface area contributed by atoms with Crippen molar-refractivity contribution in [2.45, 2.75) is 6.92 Å². The highest BCUT2D eigenvalue weighted by Gasteiger charge is 2.40. The molecule has 0 aromatic heterocycles. The van der Waals surface area contributed by atoms with Crippen LogP contribution in [0.3, 0.4) is 0 Å². The summed E-state index contributed by atoms with van der Waals surface area (Å²) >= 11 is 6.04. The molecule has 0 bridgehead atoms. The van der Waals surface area contributed by atoms with Gasteiger partial charge in [0, 0.05) is 10.7 Å². The fraction of sp³-hybridized carbons (Fsp3) is 0.0833. The Morgan fingerprint density at radius 2 is 1.71 bits per heavy atom. The van der Waals surface area contributed by atoms with Gasteiger partial charge in [-0.3, -0.25) is 9.59 Å². The van der Waals surface area contributed by atoms with E-state index in [-0.39, 0.29) is 17.0 Å². The third-order valence-electron chi connectivity index (χ3n) is 4.98. The predicted molar refractivity (Wildman–Crippen MR) is 119 cm³/mol. The summed E-state index contributed by atoms with van der Waals surface area (Å²) in [5, 5.41) is 3.65. The van der Waals surface area contributed by atoms with Crippen molar-refractivity contribution in [3.63, 3.8) is 0 Å². The number of methoxy groups -OCH3 is 1. The maximum absolute atomic E-state index is 13.8. The zero-order chi connectivity index (χ0) is 22.1. The SMILES string of the molecule is COc1ccc(C2=C(Nc3ccc(Cl)cc3C)C(=O)N(c3cccc(F)c3)C2=O)cc1. The average Bonchev–Trinajstić information content (AvgIpc) is 2.99. The lowest BCUT2D eigenvalue weighted by atomic mass is 10.0. The van der Waals surface area contributed by atoms with E-state index in [1.54, 1.807) is 49.6 Å². The number of carbonyl (C=O) groups excluding carboxylic acids is 2. The molecular weight excluding hydrogens is 419 g/mol. The fourth-order valence-corrected chi connectivity index (χ4v) is 3.65. The molecule has 3 aromatic carbocycles. The lowest BCUT2D eigenvalue weighted by Gasteiger charge is -2.16. The molecule has 0 unspecified atom stereocenters. The van der Waals surface area contributed by atoms with Crippen LogP contribution in [-0.2, 0) is 9.59 Å². The van der Waals surface area contributed by atoms with Crippen molar-refractivity contribution >= 4 is 40.4 Å². The van der Waals surface area contributed by atoms with Gasteiger partial charge in [-0.25, -0.2) is 9.29 Å². The van der Waals surface area contributed by atoms with Gasteiger partial charge in [0.25, 0.3) is 11.8 Å². The van der Waals surface area contributed by atoms with Gasteiger partial charge >= 0.3 is 0 Å². The molecule has 1 heterocycles. The lowest BCUT2D eigenvalue weighted by Crippen LogP contribution is -2.32. The topological polar surface area (TPSA) is 58.6 Å². The molecule has 0 radical (unpaired) electrons. The molecule has 1 aliphatic heterocycles. The second-order valence-corrected chi connectivity index (χ2v) is 7.42. The van der Waals surface area contributed by atoms with Crippen LogP contribution in [0.25, 0.3) is 5.57 Å². The van der Waals surface area contributed by atoms with Gasteiger partial charge in [0.2, 0.25) is 0 Å². The zero-order valence-electron chi connectivity index (χ0n) is 16.8. The predicted octanol–water partition coefficient (Wildman–Crippen LogP) is 5.19. The highest BCUT2D eigenvalue weighted by Crippen LogP contribution is 2.35. The minimum Gasteiger partial charge on any atom is -0.497 e. The first-order valence-corrected chi connectivity index (χ1v) is 9.83. The van der Waals surface area contributed by atoms with E-state index < -0.39 is 17.6 Å². The van der Waals surface area contributed by atoms with E-state index in [4.69, 9.17) is 16.3 Å². The van der Waals surface area contributed by atoms with Gasteiger partial charge in [0.1, 0.15) is 17.3 Å². The minimum atomic E-state index is -0.573. The van der Waals surface area contributed by atoms with Crippen LogP contribution in [0.15, 0.2) is 72.4 Å². The number of hydrogen-bond acceptors (Lipinski definition) is 4. The molecule has 1 aliphatic rings. The Kier molecular flexibility index (Phi) is 5.48. The van der Waals surface area contributed by atoms with Crippen molar-refractivity contribution in [2.24, 2.45) is 0 Å². The normalized spacial score (nSPS) is 13.7. The number of rotatable bonds is 5. The van der Waals surface area contributed by atoms with Gasteiger partial charge in [-0.2, -0.15) is 0 Å². The molecule has 31 heavy (non-hydrogen) atoms.